The summed E-state index contributed by atoms with van der Waals surface area (Å²) < 4.78 is 4.77. The molecule has 0 aromatic carbocycles. The van der Waals surface area contributed by atoms with Gasteiger partial charge in [0.15, 0.2) is 0 Å². The van der Waals surface area contributed by atoms with E-state index in [1.165, 1.54) is 0 Å². The number of hydrogen-bond donors (Lipinski definition) is 0. The molecule has 0 saturated heterocycles. The summed E-state index contributed by atoms with van der Waals surface area (Å²) in [7, 11) is 1.58. The quantitative estimate of drug-likeness (QED) is 0.465. The zero-order valence-corrected chi connectivity index (χ0v) is 8.26. The molecule has 2 nitrogen and oxygen atoms in total. The van der Waals surface area contributed by atoms with Crippen molar-refractivity contribution < 1.29 is 24.2 Å². The Hall–Kier alpha value is -0.427. The third-order valence-electron chi connectivity index (χ3n) is 0.793. The van der Waals surface area contributed by atoms with E-state index < -0.39 is 0 Å². The van der Waals surface area contributed by atoms with Gasteiger partial charge in [-0.25, -0.2) is 0 Å². The van der Waals surface area contributed by atoms with Crippen molar-refractivity contribution in [3.8, 4) is 5.88 Å². The fourth-order valence-corrected chi connectivity index (χ4v) is 0.425. The predicted molar refractivity (Wildman–Crippen MR) is 29.6 cm³/mol. The Morgan fingerprint density at radius 2 is 2.44 bits per heavy atom. The van der Waals surface area contributed by atoms with Gasteiger partial charge in [-0.15, -0.1) is 6.07 Å². The van der Waals surface area contributed by atoms with E-state index in [4.69, 9.17) is 4.74 Å². The molecular formula is C6H6NOZn+. The Bertz CT molecular complexity index is 154. The first-order valence-electron chi connectivity index (χ1n) is 2.30. The van der Waals surface area contributed by atoms with Crippen LogP contribution in [0.3, 0.4) is 0 Å². The number of aromatic nitrogens is 1. The molecule has 1 heterocycles. The van der Waals surface area contributed by atoms with Crippen LogP contribution in [0.15, 0.2) is 18.2 Å². The van der Waals surface area contributed by atoms with Crippen LogP contribution in [0.25, 0.3) is 0 Å². The molecule has 0 saturated carbocycles. The molecule has 0 atom stereocenters. The van der Waals surface area contributed by atoms with Gasteiger partial charge in [0.25, 0.3) is 0 Å². The van der Waals surface area contributed by atoms with Gasteiger partial charge in [-0.2, -0.15) is 12.1 Å². The maximum atomic E-state index is 4.77. The van der Waals surface area contributed by atoms with Gasteiger partial charge >= 0.3 is 19.5 Å². The predicted octanol–water partition coefficient (Wildman–Crippen LogP) is 0.888. The van der Waals surface area contributed by atoms with Crippen LogP contribution in [0.5, 0.6) is 5.88 Å². The molecule has 0 N–H and O–H groups in total. The monoisotopic (exact) mass is 172 g/mol. The summed E-state index contributed by atoms with van der Waals surface area (Å²) in [5, 5.41) is 0. The topological polar surface area (TPSA) is 22.1 Å². The summed E-state index contributed by atoms with van der Waals surface area (Å²) in [6, 6.07) is 5.32. The fraction of sp³-hybridized carbons (Fsp3) is 0.167. The minimum Gasteiger partial charge on any atom is -0.538 e. The summed E-state index contributed by atoms with van der Waals surface area (Å²) in [5.41, 5.74) is 0. The standard InChI is InChI=1S/C6H6NO.Zn/c1-8-6-4-2-3-5-7-6;/h2-4H,1H3;/q-1;+2. The van der Waals surface area contributed by atoms with Crippen molar-refractivity contribution in [3.63, 3.8) is 0 Å². The smallest absolute Gasteiger partial charge is 0.538 e. The third-order valence-corrected chi connectivity index (χ3v) is 0.793. The van der Waals surface area contributed by atoms with Crippen LogP contribution in [0.2, 0.25) is 0 Å². The van der Waals surface area contributed by atoms with Gasteiger partial charge in [0.2, 0.25) is 0 Å². The number of ether oxygens (including phenoxy) is 1. The van der Waals surface area contributed by atoms with Crippen molar-refractivity contribution in [3.05, 3.63) is 24.4 Å². The molecule has 1 aromatic heterocycles. The average Bonchev–Trinajstić information content (AvgIpc) is 1.90. The van der Waals surface area contributed by atoms with Crippen LogP contribution in [0.4, 0.5) is 0 Å². The number of methoxy groups -OCH3 is 1. The molecule has 3 heteroatoms. The first-order chi connectivity index (χ1) is 3.93. The Kier molecular flexibility index (Phi) is 4.24. The van der Waals surface area contributed by atoms with Crippen molar-refractivity contribution in [2.24, 2.45) is 0 Å². The van der Waals surface area contributed by atoms with Crippen LogP contribution in [-0.4, -0.2) is 12.1 Å². The molecule has 1 rings (SSSR count). The maximum absolute atomic E-state index is 4.77. The van der Waals surface area contributed by atoms with E-state index in [1.54, 1.807) is 19.2 Å². The molecule has 0 fully saturated rings. The Labute approximate surface area is 67.0 Å². The number of pyridine rings is 1. The molecule has 0 aliphatic carbocycles. The fourth-order valence-electron chi connectivity index (χ4n) is 0.425. The van der Waals surface area contributed by atoms with Gasteiger partial charge in [0.05, 0.1) is 13.0 Å². The van der Waals surface area contributed by atoms with Gasteiger partial charge in [-0.3, -0.25) is 0 Å². The largest absolute Gasteiger partial charge is 2.00 e. The van der Waals surface area contributed by atoms with E-state index in [0.717, 1.165) is 0 Å². The van der Waals surface area contributed by atoms with Gasteiger partial charge in [0, 0.05) is 0 Å². The van der Waals surface area contributed by atoms with E-state index in [0.29, 0.717) is 5.88 Å². The second-order valence-corrected chi connectivity index (χ2v) is 1.31. The Morgan fingerprint density at radius 1 is 1.67 bits per heavy atom. The summed E-state index contributed by atoms with van der Waals surface area (Å²) >= 11 is 0. The molecule has 0 radical (unpaired) electrons. The molecule has 0 bridgehead atoms. The van der Waals surface area contributed by atoms with Gasteiger partial charge in [-0.1, -0.05) is 6.20 Å². The second kappa shape index (κ2) is 4.45. The number of nitrogens with zero attached hydrogens (tertiary/aromatic N) is 1. The molecular weight excluding hydrogens is 167 g/mol. The van der Waals surface area contributed by atoms with Crippen molar-refractivity contribution >= 4 is 0 Å². The van der Waals surface area contributed by atoms with Gasteiger partial charge in [0.1, 0.15) is 0 Å². The third kappa shape index (κ3) is 2.57. The van der Waals surface area contributed by atoms with E-state index in [2.05, 4.69) is 11.2 Å². The summed E-state index contributed by atoms with van der Waals surface area (Å²) in [6.07, 6.45) is 2.64. The van der Waals surface area contributed by atoms with Crippen molar-refractivity contribution in [1.82, 2.24) is 4.98 Å². The molecule has 0 spiro atoms. The number of rotatable bonds is 1. The molecule has 0 aliphatic rings. The molecule has 42 valence electrons. The zero-order chi connectivity index (χ0) is 5.82. The normalized spacial score (nSPS) is 7.67. The molecule has 9 heavy (non-hydrogen) atoms. The Morgan fingerprint density at radius 3 is 2.78 bits per heavy atom. The van der Waals surface area contributed by atoms with Gasteiger partial charge in [-0.05, 0) is 0 Å². The van der Waals surface area contributed by atoms with E-state index in [9.17, 15) is 0 Å². The van der Waals surface area contributed by atoms with Crippen molar-refractivity contribution in [2.75, 3.05) is 7.11 Å². The molecule has 0 aliphatic heterocycles. The average molecular weight is 174 g/mol. The van der Waals surface area contributed by atoms with Crippen molar-refractivity contribution in [1.29, 1.82) is 0 Å². The molecule has 0 unspecified atom stereocenters. The summed E-state index contributed by atoms with van der Waals surface area (Å²) in [5.74, 6) is 0.604. The van der Waals surface area contributed by atoms with Crippen LogP contribution in [0.1, 0.15) is 0 Å². The van der Waals surface area contributed by atoms with Gasteiger partial charge < -0.3 is 9.72 Å². The minimum absolute atomic E-state index is 0. The van der Waals surface area contributed by atoms with Crippen LogP contribution >= 0.6 is 0 Å². The maximum Gasteiger partial charge on any atom is 2.00 e. The SMILES string of the molecule is COc1ccc[c-]n1.[Zn+2]. The Balaban J connectivity index is 0.000000640. The minimum atomic E-state index is 0. The van der Waals surface area contributed by atoms with Crippen LogP contribution in [0, 0.1) is 6.20 Å². The summed E-state index contributed by atoms with van der Waals surface area (Å²) in [4.78, 5) is 3.75. The van der Waals surface area contributed by atoms with E-state index in [1.807, 2.05) is 6.07 Å². The molecule has 0 amide bonds. The first kappa shape index (κ1) is 8.57. The second-order valence-electron chi connectivity index (χ2n) is 1.31. The van der Waals surface area contributed by atoms with Crippen molar-refractivity contribution in [2.45, 2.75) is 0 Å². The molecule has 1 aromatic rings. The van der Waals surface area contributed by atoms with Crippen LogP contribution < -0.4 is 4.74 Å². The first-order valence-corrected chi connectivity index (χ1v) is 2.30. The van der Waals surface area contributed by atoms with Crippen LogP contribution in [-0.2, 0) is 19.5 Å². The van der Waals surface area contributed by atoms with E-state index in [-0.39, 0.29) is 19.5 Å². The zero-order valence-electron chi connectivity index (χ0n) is 5.29. The summed E-state index contributed by atoms with van der Waals surface area (Å²) in [6.45, 7) is 0. The van der Waals surface area contributed by atoms with E-state index >= 15 is 0 Å². The number of hydrogen-bond acceptors (Lipinski definition) is 2.